The highest BCUT2D eigenvalue weighted by molar-refractivity contribution is 6.04. The van der Waals surface area contributed by atoms with Crippen molar-refractivity contribution in [2.45, 2.75) is 12.7 Å². The lowest BCUT2D eigenvalue weighted by Crippen LogP contribution is -2.23. The molecule has 0 bridgehead atoms. The number of carbonyl (C=O) groups excluding carboxylic acids is 2. The zero-order chi connectivity index (χ0) is 23.1. The van der Waals surface area contributed by atoms with Gasteiger partial charge in [-0.3, -0.25) is 9.59 Å². The van der Waals surface area contributed by atoms with Gasteiger partial charge in [0.2, 0.25) is 5.88 Å². The molecular formula is C22H17F4N3O3. The van der Waals surface area contributed by atoms with Crippen LogP contribution in [0.15, 0.2) is 66.9 Å². The van der Waals surface area contributed by atoms with Crippen molar-refractivity contribution in [3.8, 4) is 5.88 Å². The molecule has 3 aromatic rings. The average Bonchev–Trinajstić information content (AvgIpc) is 2.76. The normalized spacial score (nSPS) is 11.0. The van der Waals surface area contributed by atoms with Crippen molar-refractivity contribution in [3.63, 3.8) is 0 Å². The van der Waals surface area contributed by atoms with Gasteiger partial charge < -0.3 is 15.4 Å². The molecule has 0 saturated heterocycles. The maximum absolute atomic E-state index is 13.3. The lowest BCUT2D eigenvalue weighted by atomic mass is 10.1. The lowest BCUT2D eigenvalue weighted by molar-refractivity contribution is -0.154. The van der Waals surface area contributed by atoms with Crippen LogP contribution in [0.1, 0.15) is 26.3 Å². The molecule has 0 aliphatic heterocycles. The largest absolute Gasteiger partial charge is 0.468 e. The molecule has 3 rings (SSSR count). The number of anilines is 1. The van der Waals surface area contributed by atoms with Crippen molar-refractivity contribution in [1.82, 2.24) is 10.3 Å². The monoisotopic (exact) mass is 447 g/mol. The Kier molecular flexibility index (Phi) is 7.04. The summed E-state index contributed by atoms with van der Waals surface area (Å²) in [6, 6.07) is 14.4. The van der Waals surface area contributed by atoms with E-state index in [0.717, 1.165) is 12.3 Å². The molecule has 0 unspecified atom stereocenters. The highest BCUT2D eigenvalue weighted by Gasteiger charge is 2.28. The molecule has 10 heteroatoms. The van der Waals surface area contributed by atoms with Crippen molar-refractivity contribution in [2.75, 3.05) is 11.9 Å². The number of halogens is 4. The second-order valence-corrected chi connectivity index (χ2v) is 6.64. The number of nitrogens with one attached hydrogen (secondary N) is 2. The van der Waals surface area contributed by atoms with E-state index in [9.17, 15) is 27.2 Å². The fourth-order valence-electron chi connectivity index (χ4n) is 2.63. The van der Waals surface area contributed by atoms with Crippen LogP contribution in [-0.2, 0) is 6.54 Å². The number of hydrogen-bond donors (Lipinski definition) is 2. The molecule has 2 N–H and O–H groups in total. The number of amides is 2. The van der Waals surface area contributed by atoms with Gasteiger partial charge in [-0.15, -0.1) is 0 Å². The summed E-state index contributed by atoms with van der Waals surface area (Å²) in [6.45, 7) is -1.35. The van der Waals surface area contributed by atoms with Gasteiger partial charge >= 0.3 is 6.18 Å². The summed E-state index contributed by atoms with van der Waals surface area (Å²) in [6.07, 6.45) is -3.38. The third-order valence-electron chi connectivity index (χ3n) is 4.11. The van der Waals surface area contributed by atoms with Gasteiger partial charge in [0.15, 0.2) is 6.61 Å². The van der Waals surface area contributed by atoms with Crippen LogP contribution in [0.2, 0.25) is 0 Å². The highest BCUT2D eigenvalue weighted by Crippen LogP contribution is 2.17. The van der Waals surface area contributed by atoms with Crippen LogP contribution >= 0.6 is 0 Å². The number of carbonyl (C=O) groups is 2. The maximum Gasteiger partial charge on any atom is 0.422 e. The Bertz CT molecular complexity index is 1100. The molecule has 6 nitrogen and oxygen atoms in total. The van der Waals surface area contributed by atoms with Crippen molar-refractivity contribution in [2.24, 2.45) is 0 Å². The van der Waals surface area contributed by atoms with E-state index >= 15 is 0 Å². The fraction of sp³-hybridized carbons (Fsp3) is 0.136. The van der Waals surface area contributed by atoms with Crippen LogP contribution in [0.4, 0.5) is 23.2 Å². The van der Waals surface area contributed by atoms with Gasteiger partial charge in [-0.1, -0.05) is 18.2 Å². The number of hydrogen-bond acceptors (Lipinski definition) is 4. The molecule has 1 aromatic heterocycles. The first-order chi connectivity index (χ1) is 15.2. The van der Waals surface area contributed by atoms with E-state index in [0.29, 0.717) is 11.3 Å². The third-order valence-corrected chi connectivity index (χ3v) is 4.11. The Hall–Kier alpha value is -3.95. The maximum atomic E-state index is 13.3. The molecule has 0 aliphatic carbocycles. The molecule has 0 fully saturated rings. The van der Waals surface area contributed by atoms with Crippen molar-refractivity contribution < 1.29 is 31.9 Å². The second-order valence-electron chi connectivity index (χ2n) is 6.64. The Labute approximate surface area is 180 Å². The molecule has 0 atom stereocenters. The minimum atomic E-state index is -4.48. The van der Waals surface area contributed by atoms with Gasteiger partial charge in [-0.2, -0.15) is 13.2 Å². The molecule has 1 heterocycles. The third kappa shape index (κ3) is 6.79. The van der Waals surface area contributed by atoms with Crippen molar-refractivity contribution >= 4 is 17.5 Å². The second kappa shape index (κ2) is 9.90. The zero-order valence-electron chi connectivity index (χ0n) is 16.4. The van der Waals surface area contributed by atoms with Gasteiger partial charge in [0.1, 0.15) is 5.82 Å². The Morgan fingerprint density at radius 1 is 0.938 bits per heavy atom. The lowest BCUT2D eigenvalue weighted by Gasteiger charge is -2.10. The SMILES string of the molecule is O=C(NCc1cccc(NC(=O)c2cccc(F)c2)c1)c1ccc(OCC(F)(F)F)nc1. The number of nitrogens with zero attached hydrogens (tertiary/aromatic N) is 1. The smallest absolute Gasteiger partial charge is 0.422 e. The van der Waals surface area contributed by atoms with E-state index in [-0.39, 0.29) is 23.6 Å². The molecule has 0 aliphatic rings. The zero-order valence-corrected chi connectivity index (χ0v) is 16.4. The van der Waals surface area contributed by atoms with E-state index in [2.05, 4.69) is 20.4 Å². The summed E-state index contributed by atoms with van der Waals surface area (Å²) in [5.74, 6) is -1.75. The molecule has 0 radical (unpaired) electrons. The number of ether oxygens (including phenoxy) is 1. The van der Waals surface area contributed by atoms with Gasteiger partial charge in [0.05, 0.1) is 5.56 Å². The Balaban J connectivity index is 1.55. The topological polar surface area (TPSA) is 80.3 Å². The molecule has 0 spiro atoms. The number of benzene rings is 2. The molecule has 2 aromatic carbocycles. The van der Waals surface area contributed by atoms with Crippen LogP contribution in [0.25, 0.3) is 0 Å². The molecule has 32 heavy (non-hydrogen) atoms. The summed E-state index contributed by atoms with van der Waals surface area (Å²) in [7, 11) is 0. The van der Waals surface area contributed by atoms with Crippen molar-refractivity contribution in [3.05, 3.63) is 89.4 Å². The minimum absolute atomic E-state index is 0.120. The minimum Gasteiger partial charge on any atom is -0.468 e. The van der Waals surface area contributed by atoms with Crippen LogP contribution < -0.4 is 15.4 Å². The standard InChI is InChI=1S/C22H17F4N3O3/c23-17-5-2-4-15(10-17)21(31)29-18-6-1-3-14(9-18)11-28-20(30)16-7-8-19(27-12-16)32-13-22(24,25)26/h1-10,12H,11,13H2,(H,28,30)(H,29,31). The van der Waals surface area contributed by atoms with Crippen LogP contribution in [0.3, 0.4) is 0 Å². The summed E-state index contributed by atoms with van der Waals surface area (Å²) >= 11 is 0. The predicted molar refractivity (Wildman–Crippen MR) is 108 cm³/mol. The summed E-state index contributed by atoms with van der Waals surface area (Å²) in [5, 5.41) is 5.30. The molecule has 166 valence electrons. The summed E-state index contributed by atoms with van der Waals surface area (Å²) in [5.41, 5.74) is 1.44. The van der Waals surface area contributed by atoms with Gasteiger partial charge in [0, 0.05) is 30.1 Å². The van der Waals surface area contributed by atoms with Crippen LogP contribution in [0.5, 0.6) is 5.88 Å². The van der Waals surface area contributed by atoms with Gasteiger partial charge in [0.25, 0.3) is 11.8 Å². The predicted octanol–water partition coefficient (Wildman–Crippen LogP) is 4.34. The van der Waals surface area contributed by atoms with Crippen LogP contribution in [0, 0.1) is 5.82 Å². The summed E-state index contributed by atoms with van der Waals surface area (Å²) in [4.78, 5) is 28.2. The van der Waals surface area contributed by atoms with E-state index in [1.54, 1.807) is 24.3 Å². The molecule has 2 amide bonds. The first kappa shape index (κ1) is 22.7. The van der Waals surface area contributed by atoms with Crippen molar-refractivity contribution in [1.29, 1.82) is 0 Å². The van der Waals surface area contributed by atoms with Gasteiger partial charge in [-0.05, 0) is 42.0 Å². The number of pyridine rings is 1. The summed E-state index contributed by atoms with van der Waals surface area (Å²) < 4.78 is 54.2. The van der Waals surface area contributed by atoms with E-state index in [1.807, 2.05) is 0 Å². The van der Waals surface area contributed by atoms with Gasteiger partial charge in [-0.25, -0.2) is 9.37 Å². The number of rotatable bonds is 7. The number of alkyl halides is 3. The highest BCUT2D eigenvalue weighted by atomic mass is 19.4. The van der Waals surface area contributed by atoms with E-state index < -0.39 is 30.4 Å². The Morgan fingerprint density at radius 2 is 1.72 bits per heavy atom. The fourth-order valence-corrected chi connectivity index (χ4v) is 2.63. The Morgan fingerprint density at radius 3 is 2.41 bits per heavy atom. The van der Waals surface area contributed by atoms with E-state index in [4.69, 9.17) is 0 Å². The number of aromatic nitrogens is 1. The first-order valence-electron chi connectivity index (χ1n) is 9.29. The quantitative estimate of drug-likeness (QED) is 0.528. The van der Waals surface area contributed by atoms with E-state index in [1.165, 1.54) is 30.3 Å². The van der Waals surface area contributed by atoms with Crippen LogP contribution in [-0.4, -0.2) is 29.6 Å². The first-order valence-corrected chi connectivity index (χ1v) is 9.29. The molecule has 0 saturated carbocycles. The average molecular weight is 447 g/mol. The molecular weight excluding hydrogens is 430 g/mol.